The lowest BCUT2D eigenvalue weighted by Gasteiger charge is -2.18. The minimum absolute atomic E-state index is 0.160. The Hall–Kier alpha value is -1.83. The highest BCUT2D eigenvalue weighted by Gasteiger charge is 2.41. The molecule has 0 aromatic carbocycles. The third-order valence-corrected chi connectivity index (χ3v) is 3.70. The van der Waals surface area contributed by atoms with Crippen LogP contribution in [0.5, 0.6) is 0 Å². The van der Waals surface area contributed by atoms with Crippen LogP contribution in [-0.2, 0) is 11.2 Å². The third-order valence-electron chi connectivity index (χ3n) is 3.70. The number of nitrogens with one attached hydrogen (secondary N) is 2. The van der Waals surface area contributed by atoms with Gasteiger partial charge in [0.05, 0.1) is 6.07 Å². The topological polar surface area (TPSA) is 81.6 Å². The van der Waals surface area contributed by atoms with Gasteiger partial charge in [-0.25, -0.2) is 0 Å². The Morgan fingerprint density at radius 3 is 2.70 bits per heavy atom. The molecule has 20 heavy (non-hydrogen) atoms. The Morgan fingerprint density at radius 1 is 1.50 bits per heavy atom. The molecule has 1 heterocycles. The number of aromatic nitrogens is 2. The fourth-order valence-corrected chi connectivity index (χ4v) is 2.69. The summed E-state index contributed by atoms with van der Waals surface area (Å²) in [6.07, 6.45) is 4.04. The van der Waals surface area contributed by atoms with Crippen molar-refractivity contribution >= 4 is 11.7 Å². The zero-order chi connectivity index (χ0) is 14.8. The summed E-state index contributed by atoms with van der Waals surface area (Å²) in [5.74, 6) is 0.294. The Kier molecular flexibility index (Phi) is 3.85. The summed E-state index contributed by atoms with van der Waals surface area (Å²) < 4.78 is 0. The van der Waals surface area contributed by atoms with Crippen molar-refractivity contribution in [2.75, 3.05) is 5.32 Å². The second-order valence-corrected chi connectivity index (χ2v) is 6.87. The summed E-state index contributed by atoms with van der Waals surface area (Å²) in [5, 5.41) is 19.1. The fraction of sp³-hybridized carbons (Fsp3) is 0.667. The summed E-state index contributed by atoms with van der Waals surface area (Å²) in [4.78, 5) is 12.3. The number of nitriles is 1. The highest BCUT2D eigenvalue weighted by molar-refractivity contribution is 5.96. The second-order valence-electron chi connectivity index (χ2n) is 6.87. The predicted octanol–water partition coefficient (Wildman–Crippen LogP) is 3.02. The molecular formula is C15H22N4O. The number of carbonyl (C=O) groups excluding carboxylic acids is 1. The van der Waals surface area contributed by atoms with Crippen molar-refractivity contribution in [3.63, 3.8) is 0 Å². The molecule has 5 heteroatoms. The highest BCUT2D eigenvalue weighted by Crippen LogP contribution is 2.38. The van der Waals surface area contributed by atoms with E-state index in [-0.39, 0.29) is 11.3 Å². The Morgan fingerprint density at radius 2 is 2.15 bits per heavy atom. The molecule has 1 amide bonds. The SMILES string of the molecule is CC(C)(C)Cc1cc(NC(=O)C2(C#N)CCCC2)n[nH]1. The average molecular weight is 274 g/mol. The monoisotopic (exact) mass is 274 g/mol. The van der Waals surface area contributed by atoms with Crippen molar-refractivity contribution < 1.29 is 4.79 Å². The number of nitrogens with zero attached hydrogens (tertiary/aromatic N) is 2. The van der Waals surface area contributed by atoms with E-state index in [1.165, 1.54) is 0 Å². The molecular weight excluding hydrogens is 252 g/mol. The van der Waals surface area contributed by atoms with E-state index in [0.29, 0.717) is 18.7 Å². The van der Waals surface area contributed by atoms with E-state index in [1.54, 1.807) is 0 Å². The van der Waals surface area contributed by atoms with Crippen LogP contribution in [0.15, 0.2) is 6.07 Å². The minimum atomic E-state index is -0.858. The van der Waals surface area contributed by atoms with Crippen LogP contribution in [0.25, 0.3) is 0 Å². The van der Waals surface area contributed by atoms with E-state index in [4.69, 9.17) is 0 Å². The van der Waals surface area contributed by atoms with Gasteiger partial charge in [0.2, 0.25) is 5.91 Å². The summed E-state index contributed by atoms with van der Waals surface area (Å²) in [6.45, 7) is 6.44. The molecule has 1 fully saturated rings. The van der Waals surface area contributed by atoms with Crippen molar-refractivity contribution in [1.29, 1.82) is 5.26 Å². The van der Waals surface area contributed by atoms with Gasteiger partial charge in [0, 0.05) is 11.8 Å². The van der Waals surface area contributed by atoms with Gasteiger partial charge in [0.25, 0.3) is 0 Å². The molecule has 1 aromatic heterocycles. The smallest absolute Gasteiger partial charge is 0.246 e. The number of aromatic amines is 1. The molecule has 1 aromatic rings. The molecule has 0 spiro atoms. The van der Waals surface area contributed by atoms with Crippen molar-refractivity contribution in [2.45, 2.75) is 52.9 Å². The van der Waals surface area contributed by atoms with Crippen LogP contribution in [-0.4, -0.2) is 16.1 Å². The lowest BCUT2D eigenvalue weighted by molar-refractivity contribution is -0.122. The van der Waals surface area contributed by atoms with Gasteiger partial charge in [-0.05, 0) is 24.7 Å². The first kappa shape index (κ1) is 14.6. The quantitative estimate of drug-likeness (QED) is 0.888. The molecule has 1 aliphatic rings. The zero-order valence-corrected chi connectivity index (χ0v) is 12.4. The van der Waals surface area contributed by atoms with Gasteiger partial charge in [-0.3, -0.25) is 9.89 Å². The van der Waals surface area contributed by atoms with E-state index in [0.717, 1.165) is 25.0 Å². The maximum atomic E-state index is 12.3. The first-order valence-electron chi connectivity index (χ1n) is 7.12. The Balaban J connectivity index is 2.04. The van der Waals surface area contributed by atoms with Crippen molar-refractivity contribution in [3.8, 4) is 6.07 Å². The van der Waals surface area contributed by atoms with Crippen LogP contribution in [0.1, 0.15) is 52.1 Å². The van der Waals surface area contributed by atoms with Crippen molar-refractivity contribution in [1.82, 2.24) is 10.2 Å². The maximum absolute atomic E-state index is 12.3. The minimum Gasteiger partial charge on any atom is -0.308 e. The van der Waals surface area contributed by atoms with Gasteiger partial charge < -0.3 is 5.32 Å². The molecule has 0 atom stereocenters. The normalized spacial score (nSPS) is 17.7. The lowest BCUT2D eigenvalue weighted by atomic mass is 9.87. The van der Waals surface area contributed by atoms with Gasteiger partial charge in [-0.2, -0.15) is 10.4 Å². The molecule has 2 N–H and O–H groups in total. The Labute approximate surface area is 119 Å². The molecule has 5 nitrogen and oxygen atoms in total. The summed E-state index contributed by atoms with van der Waals surface area (Å²) >= 11 is 0. The van der Waals surface area contributed by atoms with Crippen LogP contribution in [0.3, 0.4) is 0 Å². The summed E-state index contributed by atoms with van der Waals surface area (Å²) in [5.41, 5.74) is 0.293. The van der Waals surface area contributed by atoms with Crippen molar-refractivity contribution in [2.24, 2.45) is 10.8 Å². The van der Waals surface area contributed by atoms with Gasteiger partial charge >= 0.3 is 0 Å². The average Bonchev–Trinajstić information content (AvgIpc) is 2.97. The highest BCUT2D eigenvalue weighted by atomic mass is 16.2. The first-order chi connectivity index (χ1) is 9.35. The van der Waals surface area contributed by atoms with E-state index >= 15 is 0 Å². The van der Waals surface area contributed by atoms with E-state index < -0.39 is 5.41 Å². The standard InChI is InChI=1S/C15H22N4O/c1-14(2,3)9-11-8-12(19-18-11)17-13(20)15(10-16)6-4-5-7-15/h8H,4-7,9H2,1-3H3,(H2,17,18,19,20). The molecule has 0 aliphatic heterocycles. The number of hydrogen-bond acceptors (Lipinski definition) is 3. The van der Waals surface area contributed by atoms with E-state index in [2.05, 4.69) is 42.4 Å². The first-order valence-corrected chi connectivity index (χ1v) is 7.12. The molecule has 0 saturated heterocycles. The maximum Gasteiger partial charge on any atom is 0.246 e. The van der Waals surface area contributed by atoms with Crippen LogP contribution in [0.4, 0.5) is 5.82 Å². The zero-order valence-electron chi connectivity index (χ0n) is 12.4. The number of H-pyrrole nitrogens is 1. The number of rotatable bonds is 3. The molecule has 0 bridgehead atoms. The second kappa shape index (κ2) is 5.28. The van der Waals surface area contributed by atoms with Gasteiger partial charge in [-0.15, -0.1) is 0 Å². The van der Waals surface area contributed by atoms with Crippen molar-refractivity contribution in [3.05, 3.63) is 11.8 Å². The summed E-state index contributed by atoms with van der Waals surface area (Å²) in [6, 6.07) is 4.04. The molecule has 2 rings (SSSR count). The Bertz CT molecular complexity index is 527. The summed E-state index contributed by atoms with van der Waals surface area (Å²) in [7, 11) is 0. The largest absolute Gasteiger partial charge is 0.308 e. The van der Waals surface area contributed by atoms with E-state index in [1.807, 2.05) is 6.07 Å². The van der Waals surface area contributed by atoms with Gasteiger partial charge in [0.15, 0.2) is 5.82 Å². The van der Waals surface area contributed by atoms with E-state index in [9.17, 15) is 10.1 Å². The molecule has 0 radical (unpaired) electrons. The van der Waals surface area contributed by atoms with Gasteiger partial charge in [0.1, 0.15) is 5.41 Å². The third kappa shape index (κ3) is 3.19. The molecule has 0 unspecified atom stereocenters. The predicted molar refractivity (Wildman–Crippen MR) is 76.9 cm³/mol. The molecule has 1 saturated carbocycles. The van der Waals surface area contributed by atoms with Crippen LogP contribution in [0, 0.1) is 22.2 Å². The number of anilines is 1. The van der Waals surface area contributed by atoms with Crippen LogP contribution >= 0.6 is 0 Å². The molecule has 1 aliphatic carbocycles. The number of hydrogen-bond donors (Lipinski definition) is 2. The van der Waals surface area contributed by atoms with Gasteiger partial charge in [-0.1, -0.05) is 33.6 Å². The fourth-order valence-electron chi connectivity index (χ4n) is 2.69. The molecule has 108 valence electrons. The van der Waals surface area contributed by atoms with Crippen LogP contribution < -0.4 is 5.32 Å². The van der Waals surface area contributed by atoms with Crippen LogP contribution in [0.2, 0.25) is 0 Å². The number of carbonyl (C=O) groups is 1. The lowest BCUT2D eigenvalue weighted by Crippen LogP contribution is -2.32. The number of amides is 1.